The second-order valence-corrected chi connectivity index (χ2v) is 19.7. The van der Waals surface area contributed by atoms with Crippen LogP contribution in [0.2, 0.25) is 0 Å². The van der Waals surface area contributed by atoms with Gasteiger partial charge in [-0.15, -0.1) is 0 Å². The molecule has 1 amide bonds. The smallest absolute Gasteiger partial charge is 0.254 e. The van der Waals surface area contributed by atoms with E-state index in [0.29, 0.717) is 46.0 Å². The number of nitrogens with one attached hydrogen (secondary N) is 1. The maximum Gasteiger partial charge on any atom is 0.254 e. The van der Waals surface area contributed by atoms with Gasteiger partial charge in [-0.3, -0.25) is 9.59 Å². The summed E-state index contributed by atoms with van der Waals surface area (Å²) in [7, 11) is 1.52. The summed E-state index contributed by atoms with van der Waals surface area (Å²) in [6.07, 6.45) is 18.9. The second kappa shape index (κ2) is 17.3. The van der Waals surface area contributed by atoms with Crippen molar-refractivity contribution in [3.05, 3.63) is 116 Å². The van der Waals surface area contributed by atoms with Crippen molar-refractivity contribution in [3.63, 3.8) is 0 Å². The van der Waals surface area contributed by atoms with Gasteiger partial charge in [0, 0.05) is 60.6 Å². The molecule has 9 aliphatic rings. The third kappa shape index (κ3) is 7.24. The highest BCUT2D eigenvalue weighted by atomic mass is 16.7. The number of carbonyl (C=O) groups is 2. The molecule has 0 spiro atoms. The number of hydrogen-bond donors (Lipinski definition) is 5. The number of aromatic hydroxyl groups is 1. The summed E-state index contributed by atoms with van der Waals surface area (Å²) < 4.78 is 32.3. The molecule has 354 valence electrons. The normalized spacial score (nSPS) is 30.4. The fraction of sp³-hybridized carbons (Fsp3) is 0.418. The summed E-state index contributed by atoms with van der Waals surface area (Å²) in [6, 6.07) is 7.64. The minimum atomic E-state index is -2.46. The first-order valence-electron chi connectivity index (χ1n) is 24.2. The summed E-state index contributed by atoms with van der Waals surface area (Å²) in [5.41, 5.74) is 4.74. The lowest BCUT2D eigenvalue weighted by atomic mass is 9.75. The van der Waals surface area contributed by atoms with E-state index in [1.54, 1.807) is 24.4 Å². The van der Waals surface area contributed by atoms with E-state index in [-0.39, 0.29) is 66.3 Å². The highest BCUT2D eigenvalue weighted by molar-refractivity contribution is 6.14. The van der Waals surface area contributed by atoms with Crippen molar-refractivity contribution in [2.45, 2.75) is 106 Å². The van der Waals surface area contributed by atoms with Crippen molar-refractivity contribution < 1.29 is 53.7 Å². The van der Waals surface area contributed by atoms with Crippen molar-refractivity contribution in [1.29, 1.82) is 0 Å². The monoisotopic (exact) mass is 932 g/mol. The number of hydrogen-bond acceptors (Lipinski definition) is 13. The van der Waals surface area contributed by atoms with Crippen LogP contribution in [0.3, 0.4) is 0 Å². The quantitative estimate of drug-likeness (QED) is 0.149. The Kier molecular flexibility index (Phi) is 11.1. The van der Waals surface area contributed by atoms with Gasteiger partial charge in [-0.2, -0.15) is 4.99 Å². The summed E-state index contributed by atoms with van der Waals surface area (Å²) in [6.45, 7) is -0.695. The van der Waals surface area contributed by atoms with Gasteiger partial charge in [0.25, 0.3) is 5.91 Å². The zero-order valence-electron chi connectivity index (χ0n) is 38.3. The summed E-state index contributed by atoms with van der Waals surface area (Å²) in [4.78, 5) is 35.5. The average molecular weight is 933 g/mol. The fourth-order valence-corrected chi connectivity index (χ4v) is 12.1. The predicted molar refractivity (Wildman–Crippen MR) is 255 cm³/mol. The number of benzene rings is 3. The van der Waals surface area contributed by atoms with Crippen LogP contribution in [0.1, 0.15) is 99.4 Å². The molecule has 69 heavy (non-hydrogen) atoms. The van der Waals surface area contributed by atoms with Crippen LogP contribution in [0, 0.1) is 24.4 Å². The first-order valence-corrected chi connectivity index (χ1v) is 24.2. The molecular formula is C55H54N3O11+. The van der Waals surface area contributed by atoms with Gasteiger partial charge in [0.1, 0.15) is 47.2 Å². The van der Waals surface area contributed by atoms with Gasteiger partial charge in [-0.05, 0) is 84.1 Å². The molecule has 4 aliphatic carbocycles. The van der Waals surface area contributed by atoms with Gasteiger partial charge in [0.15, 0.2) is 23.2 Å². The van der Waals surface area contributed by atoms with Crippen LogP contribution in [-0.4, -0.2) is 119 Å². The Labute approximate surface area is 399 Å². The van der Waals surface area contributed by atoms with Crippen molar-refractivity contribution >= 4 is 40.8 Å². The molecule has 3 aromatic carbocycles. The minimum absolute atomic E-state index is 0.0319. The zero-order chi connectivity index (χ0) is 47.1. The Morgan fingerprint density at radius 1 is 1.06 bits per heavy atom. The predicted octanol–water partition coefficient (Wildman–Crippen LogP) is 5.75. The average Bonchev–Trinajstić information content (AvgIpc) is 4.19. The van der Waals surface area contributed by atoms with E-state index in [4.69, 9.17) is 28.7 Å². The maximum atomic E-state index is 15.2. The van der Waals surface area contributed by atoms with Gasteiger partial charge < -0.3 is 54.3 Å². The molecule has 2 saturated carbocycles. The summed E-state index contributed by atoms with van der Waals surface area (Å²) in [5, 5.41) is 53.3. The molecule has 0 aromatic heterocycles. The summed E-state index contributed by atoms with van der Waals surface area (Å²) >= 11 is 0. The molecule has 1 saturated heterocycles. The van der Waals surface area contributed by atoms with Gasteiger partial charge >= 0.3 is 0 Å². The zero-order valence-corrected chi connectivity index (χ0v) is 38.3. The molecule has 8 atom stereocenters. The van der Waals surface area contributed by atoms with Gasteiger partial charge in [-0.1, -0.05) is 49.5 Å². The molecule has 5 aliphatic heterocycles. The Bertz CT molecular complexity index is 2950. The molecule has 3 fully saturated rings. The number of allylic oxidation sites excluding steroid dienone is 4. The van der Waals surface area contributed by atoms with E-state index in [0.717, 1.165) is 65.6 Å². The number of Topliss-reactive ketones (excluding diaryl/α,β-unsaturated/α-hetero) is 1. The molecular weight excluding hydrogens is 879 g/mol. The highest BCUT2D eigenvalue weighted by Crippen LogP contribution is 2.55. The molecule has 14 heteroatoms. The van der Waals surface area contributed by atoms with E-state index >= 15 is 4.79 Å². The lowest BCUT2D eigenvalue weighted by molar-refractivity contribution is -0.327. The van der Waals surface area contributed by atoms with Crippen molar-refractivity contribution in [3.8, 4) is 29.3 Å². The lowest BCUT2D eigenvalue weighted by Crippen LogP contribution is -2.70. The Hall–Kier alpha value is -6.18. The molecule has 3 aromatic rings. The number of ether oxygens (including phenoxy) is 5. The van der Waals surface area contributed by atoms with Gasteiger partial charge in [0.2, 0.25) is 6.29 Å². The SMILES string of the molecule is COc1cc2c3c(c4c(O)c2c2c1/C=C/[C@H](C1=C5[CH+]C(CNC6CCCC6)=CC=C5N=C1)OC[C@H]1O[C@H](O2)[C@@](O)(CO)[C@@H](OC#CCc2cccc5c2CN(CC4=O)C5=O)[C@@H]1O)[C@@H]1CCC[C@@H]1C=C3. The number of aliphatic hydroxyl groups is 3. The van der Waals surface area contributed by atoms with Crippen LogP contribution in [-0.2, 0) is 27.2 Å². The number of phenols is 1. The van der Waals surface area contributed by atoms with Crippen LogP contribution in [0.15, 0.2) is 76.0 Å². The number of nitrogens with zero attached hydrogens (tertiary/aromatic N) is 2. The van der Waals surface area contributed by atoms with Crippen molar-refractivity contribution in [1.82, 2.24) is 10.2 Å². The van der Waals surface area contributed by atoms with Crippen LogP contribution in [0.5, 0.6) is 17.2 Å². The largest absolute Gasteiger partial charge is 0.506 e. The standard InChI is InChI=1S/C55H53N3O11/c1-65-44-22-38-34-16-15-31-8-4-12-33(31)46(34)48-42(60)26-58-25-40-30(7-5-13-35(40)53(58)63)9-6-20-66-52-49(61)45-27-67-43(19-17-36(44)51(47(38)50(48)62)69-54(68-45)55(52,64)28-59)39-24-57-41-18-14-29(21-37(39)41)23-56-32-10-2-3-11-32/h5,7,13-19,21-22,24,31-33,43,45,49,52,54,56,59,61,64H,2-4,8-12,23,25-28H2,1H3/p+1/b19-17+/t31-,33-,43-,45-,49-,52+,54-,55-/m1/s1. The first-order chi connectivity index (χ1) is 33.6. The number of methoxy groups -OCH3 is 1. The van der Waals surface area contributed by atoms with Crippen molar-refractivity contribution in [2.24, 2.45) is 10.9 Å². The third-order valence-electron chi connectivity index (χ3n) is 15.8. The molecule has 0 unspecified atom stereocenters. The molecule has 14 nitrogen and oxygen atoms in total. The fourth-order valence-electron chi connectivity index (χ4n) is 12.1. The number of fused-ring (bicyclic) bond motifs is 10. The number of aliphatic imine (C=N–C) groups is 1. The van der Waals surface area contributed by atoms with E-state index in [1.807, 2.05) is 30.4 Å². The van der Waals surface area contributed by atoms with Crippen LogP contribution in [0.4, 0.5) is 0 Å². The van der Waals surface area contributed by atoms with Gasteiger partial charge in [0.05, 0.1) is 55.2 Å². The molecule has 0 radical (unpaired) electrons. The van der Waals surface area contributed by atoms with Crippen molar-refractivity contribution in [2.75, 3.05) is 33.4 Å². The van der Waals surface area contributed by atoms with Crippen LogP contribution < -0.4 is 14.8 Å². The Morgan fingerprint density at radius 2 is 1.91 bits per heavy atom. The lowest BCUT2D eigenvalue weighted by Gasteiger charge is -2.47. The van der Waals surface area contributed by atoms with Crippen LogP contribution in [0.25, 0.3) is 22.9 Å². The van der Waals surface area contributed by atoms with E-state index < -0.39 is 48.7 Å². The molecule has 5 heterocycles. The van der Waals surface area contributed by atoms with Crippen LogP contribution >= 0.6 is 0 Å². The Morgan fingerprint density at radius 3 is 2.75 bits per heavy atom. The highest BCUT2D eigenvalue weighted by Gasteiger charge is 2.59. The topological polar surface area (TPSA) is 189 Å². The minimum Gasteiger partial charge on any atom is -0.506 e. The van der Waals surface area contributed by atoms with Gasteiger partial charge in [-0.25, -0.2) is 0 Å². The van der Waals surface area contributed by atoms with E-state index in [9.17, 15) is 25.2 Å². The number of phenolic OH excluding ortho intramolecular Hbond substituents is 1. The molecule has 8 bridgehead atoms. The maximum absolute atomic E-state index is 15.2. The van der Waals surface area contributed by atoms with E-state index in [2.05, 4.69) is 35.9 Å². The Balaban J connectivity index is 1.06. The second-order valence-electron chi connectivity index (χ2n) is 19.7. The molecule has 5 N–H and O–H groups in total. The number of rotatable bonds is 6. The number of aliphatic hydroxyl groups excluding tert-OH is 2. The third-order valence-corrected chi connectivity index (χ3v) is 15.8. The number of ketones is 1. The first kappa shape index (κ1) is 44.1. The number of amides is 1. The van der Waals surface area contributed by atoms with E-state index in [1.165, 1.54) is 24.9 Å². The number of carbonyl (C=O) groups excluding carboxylic acids is 2. The summed E-state index contributed by atoms with van der Waals surface area (Å²) in [5.74, 6) is 2.24. The molecule has 12 rings (SSSR count).